The van der Waals surface area contributed by atoms with Crippen LogP contribution in [-0.4, -0.2) is 70.7 Å². The number of amides is 3. The summed E-state index contributed by atoms with van der Waals surface area (Å²) in [4.78, 5) is 38.4. The molecule has 1 saturated carbocycles. The zero-order valence-electron chi connectivity index (χ0n) is 14.9. The summed E-state index contributed by atoms with van der Waals surface area (Å²) in [7, 11) is 0. The highest BCUT2D eigenvalue weighted by Gasteiger charge is 2.53. The summed E-state index contributed by atoms with van der Waals surface area (Å²) >= 11 is 0. The normalized spacial score (nSPS) is 30.0. The molecule has 3 amide bonds. The molecule has 0 radical (unpaired) electrons. The average molecular weight is 391 g/mol. The molecule has 2 aliphatic heterocycles. The van der Waals surface area contributed by atoms with E-state index in [9.17, 15) is 27.6 Å². The Kier molecular flexibility index (Phi) is 5.53. The summed E-state index contributed by atoms with van der Waals surface area (Å²) in [5.74, 6) is -5.36. The van der Waals surface area contributed by atoms with Crippen LogP contribution in [0.2, 0.25) is 0 Å². The molecule has 0 spiro atoms. The third kappa shape index (κ3) is 4.30. The molecule has 3 fully saturated rings. The highest BCUT2D eigenvalue weighted by Crippen LogP contribution is 2.37. The van der Waals surface area contributed by atoms with Crippen molar-refractivity contribution < 1.29 is 32.7 Å². The van der Waals surface area contributed by atoms with E-state index in [1.807, 2.05) is 0 Å². The first kappa shape index (κ1) is 19.8. The second-order valence-corrected chi connectivity index (χ2v) is 7.69. The van der Waals surface area contributed by atoms with E-state index in [2.05, 4.69) is 5.32 Å². The number of urea groups is 1. The maximum atomic E-state index is 13.0. The van der Waals surface area contributed by atoms with Crippen LogP contribution in [0.5, 0.6) is 0 Å². The van der Waals surface area contributed by atoms with Gasteiger partial charge < -0.3 is 20.2 Å². The monoisotopic (exact) mass is 391 g/mol. The zero-order valence-corrected chi connectivity index (χ0v) is 14.9. The van der Waals surface area contributed by atoms with Gasteiger partial charge in [0, 0.05) is 32.1 Å². The number of carboxylic acids is 1. The number of hydrogen-bond donors (Lipinski definition) is 2. The van der Waals surface area contributed by atoms with Gasteiger partial charge in [-0.2, -0.15) is 13.2 Å². The Hall–Kier alpha value is -2.00. The number of carbonyl (C=O) groups is 3. The highest BCUT2D eigenvalue weighted by molar-refractivity contribution is 5.82. The Balaban J connectivity index is 1.57. The van der Waals surface area contributed by atoms with Crippen molar-refractivity contribution in [3.63, 3.8) is 0 Å². The lowest BCUT2D eigenvalue weighted by molar-refractivity contribution is -0.187. The standard InChI is InChI=1S/C17H24F3N3O4/c18-17(19,20)13-9-22(8-12(13)15(25)26)16(27)21-10-6-14(24)23(7-10)11-4-2-1-3-5-11/h10-13H,1-9H2,(H,21,27)(H,25,26)/t10?,12-,13-/m1/s1. The summed E-state index contributed by atoms with van der Waals surface area (Å²) in [5.41, 5.74) is 0. The fraction of sp³-hybridized carbons (Fsp3) is 0.824. The molecule has 2 heterocycles. The number of nitrogens with one attached hydrogen (secondary N) is 1. The Labute approximate surface area is 154 Å². The van der Waals surface area contributed by atoms with Gasteiger partial charge in [0.15, 0.2) is 0 Å². The summed E-state index contributed by atoms with van der Waals surface area (Å²) < 4.78 is 39.1. The SMILES string of the molecule is O=C(O)[C@@H]1CN(C(=O)NC2CC(=O)N(C3CCCCC3)C2)C[C@H]1C(F)(F)F. The number of carboxylic acid groups (broad SMARTS) is 1. The third-order valence-electron chi connectivity index (χ3n) is 5.85. The molecule has 1 unspecified atom stereocenters. The van der Waals surface area contributed by atoms with Gasteiger partial charge in [-0.3, -0.25) is 9.59 Å². The molecular formula is C17H24F3N3O4. The molecule has 0 aromatic carbocycles. The predicted molar refractivity (Wildman–Crippen MR) is 87.8 cm³/mol. The fourth-order valence-electron chi connectivity index (χ4n) is 4.39. The molecule has 2 N–H and O–H groups in total. The Morgan fingerprint density at radius 1 is 1.07 bits per heavy atom. The van der Waals surface area contributed by atoms with E-state index in [1.54, 1.807) is 4.90 Å². The molecule has 0 aromatic heterocycles. The fourth-order valence-corrected chi connectivity index (χ4v) is 4.39. The van der Waals surface area contributed by atoms with Gasteiger partial charge in [-0.15, -0.1) is 0 Å². The van der Waals surface area contributed by atoms with Crippen molar-refractivity contribution in [3.05, 3.63) is 0 Å². The van der Waals surface area contributed by atoms with Gasteiger partial charge >= 0.3 is 18.2 Å². The molecule has 0 aromatic rings. The minimum absolute atomic E-state index is 0.0507. The van der Waals surface area contributed by atoms with Crippen molar-refractivity contribution in [1.29, 1.82) is 0 Å². The molecule has 7 nitrogen and oxygen atoms in total. The van der Waals surface area contributed by atoms with Crippen LogP contribution in [0.3, 0.4) is 0 Å². The van der Waals surface area contributed by atoms with E-state index in [1.165, 1.54) is 0 Å². The molecule has 27 heavy (non-hydrogen) atoms. The van der Waals surface area contributed by atoms with Crippen molar-refractivity contribution in [2.45, 2.75) is 56.8 Å². The number of halogens is 3. The first-order valence-electron chi connectivity index (χ1n) is 9.31. The second kappa shape index (κ2) is 7.55. The van der Waals surface area contributed by atoms with Gasteiger partial charge in [0.2, 0.25) is 5.91 Å². The summed E-state index contributed by atoms with van der Waals surface area (Å²) in [6.45, 7) is -0.814. The van der Waals surface area contributed by atoms with Gasteiger partial charge in [-0.25, -0.2) is 4.79 Å². The molecule has 152 valence electrons. The lowest BCUT2D eigenvalue weighted by atomic mass is 9.94. The average Bonchev–Trinajstić information content (AvgIpc) is 3.19. The smallest absolute Gasteiger partial charge is 0.394 e. The van der Waals surface area contributed by atoms with Crippen molar-refractivity contribution in [3.8, 4) is 0 Å². The number of nitrogens with zero attached hydrogens (tertiary/aromatic N) is 2. The molecule has 3 aliphatic rings. The number of likely N-dealkylation sites (tertiary alicyclic amines) is 2. The first-order chi connectivity index (χ1) is 12.7. The topological polar surface area (TPSA) is 90.0 Å². The molecule has 0 bridgehead atoms. The molecule has 3 atom stereocenters. The summed E-state index contributed by atoms with van der Waals surface area (Å²) in [6.07, 6.45) is 0.598. The van der Waals surface area contributed by atoms with Crippen molar-refractivity contribution in [2.24, 2.45) is 11.8 Å². The quantitative estimate of drug-likeness (QED) is 0.768. The van der Waals surface area contributed by atoms with Crippen LogP contribution in [0.4, 0.5) is 18.0 Å². The molecule has 1 aliphatic carbocycles. The van der Waals surface area contributed by atoms with Crippen LogP contribution >= 0.6 is 0 Å². The number of hydrogen-bond acceptors (Lipinski definition) is 3. The lowest BCUT2D eigenvalue weighted by Gasteiger charge is -2.31. The van der Waals surface area contributed by atoms with Gasteiger partial charge in [-0.05, 0) is 12.8 Å². The van der Waals surface area contributed by atoms with Crippen molar-refractivity contribution in [1.82, 2.24) is 15.1 Å². The maximum absolute atomic E-state index is 13.0. The van der Waals surface area contributed by atoms with E-state index in [4.69, 9.17) is 5.11 Å². The van der Waals surface area contributed by atoms with Crippen LogP contribution in [0.15, 0.2) is 0 Å². The van der Waals surface area contributed by atoms with Crippen molar-refractivity contribution >= 4 is 17.9 Å². The molecule has 3 rings (SSSR count). The minimum atomic E-state index is -4.68. The van der Waals surface area contributed by atoms with Gasteiger partial charge in [0.25, 0.3) is 0 Å². The van der Waals surface area contributed by atoms with E-state index >= 15 is 0 Å². The van der Waals surface area contributed by atoms with Crippen molar-refractivity contribution in [2.75, 3.05) is 19.6 Å². The summed E-state index contributed by atoms with van der Waals surface area (Å²) in [6, 6.07) is -1.03. The largest absolute Gasteiger partial charge is 0.481 e. The van der Waals surface area contributed by atoms with Gasteiger partial charge in [0.1, 0.15) is 0 Å². The van der Waals surface area contributed by atoms with Crippen LogP contribution < -0.4 is 5.32 Å². The van der Waals surface area contributed by atoms with Crippen LogP contribution in [-0.2, 0) is 9.59 Å². The predicted octanol–water partition coefficient (Wildman–Crippen LogP) is 1.82. The van der Waals surface area contributed by atoms with E-state index in [0.29, 0.717) is 6.54 Å². The van der Waals surface area contributed by atoms with Gasteiger partial charge in [0.05, 0.1) is 17.9 Å². The Morgan fingerprint density at radius 3 is 2.30 bits per heavy atom. The van der Waals surface area contributed by atoms with Crippen LogP contribution in [0.25, 0.3) is 0 Å². The highest BCUT2D eigenvalue weighted by atomic mass is 19.4. The molecule has 2 saturated heterocycles. The van der Waals surface area contributed by atoms with E-state index < -0.39 is 49.1 Å². The minimum Gasteiger partial charge on any atom is -0.481 e. The molecule has 10 heteroatoms. The second-order valence-electron chi connectivity index (χ2n) is 7.69. The third-order valence-corrected chi connectivity index (χ3v) is 5.85. The Morgan fingerprint density at radius 2 is 1.74 bits per heavy atom. The first-order valence-corrected chi connectivity index (χ1v) is 9.31. The number of alkyl halides is 3. The van der Waals surface area contributed by atoms with E-state index in [-0.39, 0.29) is 18.4 Å². The van der Waals surface area contributed by atoms with E-state index in [0.717, 1.165) is 37.0 Å². The number of rotatable bonds is 3. The zero-order chi connectivity index (χ0) is 19.8. The van der Waals surface area contributed by atoms with Gasteiger partial charge in [-0.1, -0.05) is 19.3 Å². The summed E-state index contributed by atoms with van der Waals surface area (Å²) in [5, 5.41) is 11.7. The van der Waals surface area contributed by atoms with Crippen LogP contribution in [0, 0.1) is 11.8 Å². The Bertz CT molecular complexity index is 607. The van der Waals surface area contributed by atoms with Crippen LogP contribution in [0.1, 0.15) is 38.5 Å². The maximum Gasteiger partial charge on any atom is 0.394 e. The number of aliphatic carboxylic acids is 1. The lowest BCUT2D eigenvalue weighted by Crippen LogP contribution is -2.46. The molecular weight excluding hydrogens is 367 g/mol. The number of carbonyl (C=O) groups excluding carboxylic acids is 2.